The molecule has 0 spiro atoms. The zero-order chi connectivity index (χ0) is 31.9. The molecule has 1 amide bonds. The van der Waals surface area contributed by atoms with Gasteiger partial charge in [-0.15, -0.1) is 0 Å². The van der Waals surface area contributed by atoms with Crippen LogP contribution in [0.25, 0.3) is 5.57 Å². The van der Waals surface area contributed by atoms with Crippen LogP contribution in [0.5, 0.6) is 11.5 Å². The molecule has 0 radical (unpaired) electrons. The topological polar surface area (TPSA) is 69.3 Å². The second-order valence-electron chi connectivity index (χ2n) is 11.1. The Labute approximate surface area is 284 Å². The van der Waals surface area contributed by atoms with Gasteiger partial charge in [-0.25, -0.2) is 0 Å². The minimum atomic E-state index is -0.305. The highest BCUT2D eigenvalue weighted by Crippen LogP contribution is 2.37. The van der Waals surface area contributed by atoms with Crippen molar-refractivity contribution >= 4 is 57.9 Å². The lowest BCUT2D eigenvalue weighted by molar-refractivity contribution is -0.129. The third-order valence-electron chi connectivity index (χ3n) is 7.72. The Morgan fingerprint density at radius 1 is 0.956 bits per heavy atom. The van der Waals surface area contributed by atoms with Gasteiger partial charge in [0.25, 0.3) is 5.91 Å². The van der Waals surface area contributed by atoms with Gasteiger partial charge >= 0.3 is 0 Å². The quantitative estimate of drug-likeness (QED) is 0.136. The molecule has 240 valence electrons. The van der Waals surface area contributed by atoms with E-state index in [1.165, 1.54) is 0 Å². The summed E-state index contributed by atoms with van der Waals surface area (Å²) in [7, 11) is 1.58. The first-order valence-electron chi connectivity index (χ1n) is 14.9. The number of nitrogens with zero attached hydrogens (tertiary/aromatic N) is 1. The van der Waals surface area contributed by atoms with Crippen molar-refractivity contribution in [2.45, 2.75) is 44.8 Å². The molecule has 0 bridgehead atoms. The van der Waals surface area contributed by atoms with E-state index in [1.807, 2.05) is 48.2 Å². The van der Waals surface area contributed by atoms with Crippen molar-refractivity contribution in [1.29, 1.82) is 0 Å². The minimum absolute atomic E-state index is 0.0346. The minimum Gasteiger partial charge on any atom is -0.490 e. The van der Waals surface area contributed by atoms with Gasteiger partial charge < -0.3 is 29.2 Å². The van der Waals surface area contributed by atoms with Crippen LogP contribution in [0.1, 0.15) is 36.0 Å². The van der Waals surface area contributed by atoms with Crippen LogP contribution in [0.3, 0.4) is 0 Å². The van der Waals surface area contributed by atoms with Crippen LogP contribution in [0.4, 0.5) is 0 Å². The summed E-state index contributed by atoms with van der Waals surface area (Å²) in [5.41, 5.74) is 4.40. The lowest BCUT2D eigenvalue weighted by Gasteiger charge is -2.33. The van der Waals surface area contributed by atoms with E-state index < -0.39 is 0 Å². The number of hydrogen-bond acceptors (Lipinski definition) is 6. The molecule has 1 aliphatic carbocycles. The molecule has 0 unspecified atom stereocenters. The predicted molar refractivity (Wildman–Crippen MR) is 180 cm³/mol. The number of amides is 1. The summed E-state index contributed by atoms with van der Waals surface area (Å²) in [6.45, 7) is 4.01. The number of rotatable bonds is 14. The van der Waals surface area contributed by atoms with Gasteiger partial charge in [0.1, 0.15) is 25.8 Å². The molecule has 45 heavy (non-hydrogen) atoms. The molecular weight excluding hydrogens is 658 g/mol. The Morgan fingerprint density at radius 3 is 2.36 bits per heavy atom. The largest absolute Gasteiger partial charge is 0.490 e. The molecule has 5 rings (SSSR count). The summed E-state index contributed by atoms with van der Waals surface area (Å²) in [6.07, 6.45) is 2.58. The maximum absolute atomic E-state index is 14.4. The second kappa shape index (κ2) is 15.9. The van der Waals surface area contributed by atoms with Crippen LogP contribution in [0.15, 0.2) is 60.2 Å². The third-order valence-corrected chi connectivity index (χ3v) is 9.14. The lowest BCUT2D eigenvalue weighted by atomic mass is 9.88. The Morgan fingerprint density at radius 2 is 1.67 bits per heavy atom. The SMILES string of the molecule is COCOC[C@H]1NCCC(c2ccc(OCCOc3c(Cl)cc(C)cc3Cl)cc2)=C1C(=O)N(Cc1cccc(Cl)c1Cl)C1CC1. The summed E-state index contributed by atoms with van der Waals surface area (Å²) in [6, 6.07) is 16.8. The fraction of sp³-hybridized carbons (Fsp3) is 0.382. The highest BCUT2D eigenvalue weighted by molar-refractivity contribution is 6.42. The molecule has 1 atom stereocenters. The molecule has 0 saturated heterocycles. The second-order valence-corrected chi connectivity index (χ2v) is 12.7. The Hall–Kier alpha value is -2.49. The number of hydrogen-bond donors (Lipinski definition) is 1. The molecule has 1 heterocycles. The van der Waals surface area contributed by atoms with Crippen molar-refractivity contribution in [1.82, 2.24) is 10.2 Å². The van der Waals surface area contributed by atoms with E-state index in [9.17, 15) is 4.79 Å². The monoisotopic (exact) mass is 692 g/mol. The molecular formula is C34H36Cl4N2O5. The number of carbonyl (C=O) groups is 1. The van der Waals surface area contributed by atoms with Gasteiger partial charge in [-0.3, -0.25) is 4.79 Å². The number of methoxy groups -OCH3 is 1. The van der Waals surface area contributed by atoms with E-state index in [-0.39, 0.29) is 31.4 Å². The highest BCUT2D eigenvalue weighted by Gasteiger charge is 2.38. The Balaban J connectivity index is 1.34. The number of nitrogens with one attached hydrogen (secondary N) is 1. The van der Waals surface area contributed by atoms with Gasteiger partial charge in [0.2, 0.25) is 0 Å². The maximum atomic E-state index is 14.4. The van der Waals surface area contributed by atoms with Crippen molar-refractivity contribution in [2.75, 3.05) is 40.3 Å². The number of ether oxygens (including phenoxy) is 4. The van der Waals surface area contributed by atoms with Crippen LogP contribution in [-0.2, 0) is 20.8 Å². The van der Waals surface area contributed by atoms with Gasteiger partial charge in [0, 0.05) is 25.3 Å². The van der Waals surface area contributed by atoms with Crippen molar-refractivity contribution in [3.8, 4) is 11.5 Å². The van der Waals surface area contributed by atoms with Crippen molar-refractivity contribution < 1.29 is 23.7 Å². The first kappa shape index (κ1) is 33.9. The van der Waals surface area contributed by atoms with Crippen LogP contribution >= 0.6 is 46.4 Å². The molecule has 1 N–H and O–H groups in total. The summed E-state index contributed by atoms with van der Waals surface area (Å²) >= 11 is 25.4. The number of carbonyl (C=O) groups excluding carboxylic acids is 1. The van der Waals surface area contributed by atoms with E-state index in [2.05, 4.69) is 5.32 Å². The molecule has 1 fully saturated rings. The summed E-state index contributed by atoms with van der Waals surface area (Å²) < 4.78 is 22.6. The fourth-order valence-corrected chi connectivity index (χ4v) is 6.51. The number of aryl methyl sites for hydroxylation is 1. The van der Waals surface area contributed by atoms with E-state index in [1.54, 1.807) is 25.3 Å². The number of benzene rings is 3. The highest BCUT2D eigenvalue weighted by atomic mass is 35.5. The van der Waals surface area contributed by atoms with Gasteiger partial charge in [-0.1, -0.05) is 70.7 Å². The molecule has 3 aromatic carbocycles. The van der Waals surface area contributed by atoms with E-state index in [0.717, 1.165) is 35.1 Å². The fourth-order valence-electron chi connectivity index (χ4n) is 5.43. The average Bonchev–Trinajstić information content (AvgIpc) is 3.86. The zero-order valence-electron chi connectivity index (χ0n) is 25.2. The Kier molecular flexibility index (Phi) is 11.9. The molecule has 1 aliphatic heterocycles. The zero-order valence-corrected chi connectivity index (χ0v) is 28.2. The van der Waals surface area contributed by atoms with Crippen LogP contribution in [0.2, 0.25) is 20.1 Å². The van der Waals surface area contributed by atoms with Crippen molar-refractivity contribution in [2.24, 2.45) is 0 Å². The number of halogens is 4. The van der Waals surface area contributed by atoms with E-state index in [0.29, 0.717) is 69.9 Å². The summed E-state index contributed by atoms with van der Waals surface area (Å²) in [4.78, 5) is 16.4. The van der Waals surface area contributed by atoms with Crippen molar-refractivity contribution in [3.05, 3.63) is 97.0 Å². The van der Waals surface area contributed by atoms with Crippen LogP contribution in [-0.4, -0.2) is 63.2 Å². The first-order valence-corrected chi connectivity index (χ1v) is 16.4. The normalized spacial score (nSPS) is 16.5. The molecule has 1 saturated carbocycles. The van der Waals surface area contributed by atoms with E-state index in [4.69, 9.17) is 65.4 Å². The average molecular weight is 694 g/mol. The molecule has 2 aliphatic rings. The van der Waals surface area contributed by atoms with Crippen molar-refractivity contribution in [3.63, 3.8) is 0 Å². The molecule has 3 aromatic rings. The van der Waals surface area contributed by atoms with E-state index >= 15 is 0 Å². The first-order chi connectivity index (χ1) is 21.8. The smallest absolute Gasteiger partial charge is 0.252 e. The Bertz CT molecular complexity index is 1500. The third kappa shape index (κ3) is 8.66. The van der Waals surface area contributed by atoms with Gasteiger partial charge in [0.05, 0.1) is 32.7 Å². The van der Waals surface area contributed by atoms with Gasteiger partial charge in [0.15, 0.2) is 5.75 Å². The predicted octanol–water partition coefficient (Wildman–Crippen LogP) is 7.99. The molecule has 0 aromatic heterocycles. The maximum Gasteiger partial charge on any atom is 0.252 e. The van der Waals surface area contributed by atoms with Crippen LogP contribution in [0, 0.1) is 6.92 Å². The standard InChI is InChI=1S/C34H36Cl4N2O5/c1-21-16-28(36)33(29(37)17-21)45-15-14-44-25-10-6-22(7-11-25)26-12-13-39-30(19-43-20-42-2)31(26)34(41)40(24-8-9-24)18-23-4-3-5-27(35)32(23)38/h3-7,10-11,16-17,24,30,39H,8-9,12-15,18-20H2,1-2H3/t30-/m1/s1. The van der Waals surface area contributed by atoms with Gasteiger partial charge in [-0.2, -0.15) is 0 Å². The van der Waals surface area contributed by atoms with Crippen LogP contribution < -0.4 is 14.8 Å². The lowest BCUT2D eigenvalue weighted by Crippen LogP contribution is -2.47. The molecule has 11 heteroatoms. The van der Waals surface area contributed by atoms with Gasteiger partial charge in [-0.05, 0) is 85.3 Å². The summed E-state index contributed by atoms with van der Waals surface area (Å²) in [5.74, 6) is 1.09. The molecule has 7 nitrogen and oxygen atoms in total. The summed E-state index contributed by atoms with van der Waals surface area (Å²) in [5, 5.41) is 5.36.